The topological polar surface area (TPSA) is 149 Å². The van der Waals surface area contributed by atoms with Gasteiger partial charge in [0.2, 0.25) is 0 Å². The quantitative estimate of drug-likeness (QED) is 0.293. The molecule has 0 fully saturated rings. The van der Waals surface area contributed by atoms with Crippen molar-refractivity contribution in [2.75, 3.05) is 17.3 Å². The number of hydrazone groups is 1. The number of nitrogens with one attached hydrogen (secondary N) is 2. The highest BCUT2D eigenvalue weighted by molar-refractivity contribution is 5.92. The maximum atomic E-state index is 12.0. The zero-order chi connectivity index (χ0) is 22.9. The normalized spacial score (nSPS) is 10.5. The highest BCUT2D eigenvalue weighted by atomic mass is 16.6. The number of non-ortho nitro benzene ring substituents is 2. The molecule has 3 rings (SSSR count). The second kappa shape index (κ2) is 10.3. The number of amides is 1. The largest absolute Gasteiger partial charge is 0.484 e. The van der Waals surface area contributed by atoms with Crippen LogP contribution in [0.1, 0.15) is 5.56 Å². The number of hydrogen-bond acceptors (Lipinski definition) is 8. The zero-order valence-corrected chi connectivity index (χ0v) is 16.5. The van der Waals surface area contributed by atoms with E-state index in [0.717, 1.165) is 5.56 Å². The molecule has 0 bridgehead atoms. The number of carbonyl (C=O) groups is 1. The third-order valence-electron chi connectivity index (χ3n) is 4.08. The number of ether oxygens (including phenoxy) is 1. The number of rotatable bonds is 9. The van der Waals surface area contributed by atoms with Crippen LogP contribution in [0, 0.1) is 20.2 Å². The summed E-state index contributed by atoms with van der Waals surface area (Å²) in [6.07, 6.45) is 1.56. The fourth-order valence-corrected chi connectivity index (χ4v) is 2.53. The lowest BCUT2D eigenvalue weighted by molar-refractivity contribution is -0.385. The van der Waals surface area contributed by atoms with Gasteiger partial charge in [0, 0.05) is 30.0 Å². The summed E-state index contributed by atoms with van der Waals surface area (Å²) < 4.78 is 5.42. The Hall–Kier alpha value is -4.80. The van der Waals surface area contributed by atoms with Gasteiger partial charge in [0.25, 0.3) is 17.3 Å². The Morgan fingerprint density at radius 2 is 1.59 bits per heavy atom. The van der Waals surface area contributed by atoms with E-state index in [2.05, 4.69) is 15.8 Å². The third-order valence-corrected chi connectivity index (χ3v) is 4.08. The molecule has 0 radical (unpaired) electrons. The average Bonchev–Trinajstić information content (AvgIpc) is 2.79. The van der Waals surface area contributed by atoms with Crippen LogP contribution in [0.5, 0.6) is 5.75 Å². The Bertz CT molecular complexity index is 1150. The molecule has 0 aliphatic rings. The van der Waals surface area contributed by atoms with Crippen LogP contribution in [-0.4, -0.2) is 28.6 Å². The van der Waals surface area contributed by atoms with Crippen LogP contribution in [0.25, 0.3) is 0 Å². The molecule has 162 valence electrons. The molecule has 0 saturated heterocycles. The van der Waals surface area contributed by atoms with Gasteiger partial charge >= 0.3 is 0 Å². The minimum absolute atomic E-state index is 0.00566. The molecule has 0 aliphatic heterocycles. The number of nitrogens with zero attached hydrogens (tertiary/aromatic N) is 3. The van der Waals surface area contributed by atoms with Crippen molar-refractivity contribution < 1.29 is 19.4 Å². The number of benzene rings is 3. The maximum absolute atomic E-state index is 12.0. The molecule has 32 heavy (non-hydrogen) atoms. The fourth-order valence-electron chi connectivity index (χ4n) is 2.53. The molecule has 11 heteroatoms. The molecule has 3 aromatic carbocycles. The molecule has 1 amide bonds. The van der Waals surface area contributed by atoms with Gasteiger partial charge in [0.15, 0.2) is 6.61 Å². The molecule has 0 spiro atoms. The predicted molar refractivity (Wildman–Crippen MR) is 118 cm³/mol. The molecule has 0 aliphatic carbocycles. The Morgan fingerprint density at radius 1 is 0.906 bits per heavy atom. The SMILES string of the molecule is O=C(COc1ccc(C=NNc2ccc([N+](=O)[O-])cc2)cc1)Nc1cccc([N+](=O)[O-])c1. The minimum atomic E-state index is -0.543. The van der Waals surface area contributed by atoms with Gasteiger partial charge in [-0.3, -0.25) is 30.4 Å². The van der Waals surface area contributed by atoms with Crippen LogP contribution in [0.15, 0.2) is 77.9 Å². The summed E-state index contributed by atoms with van der Waals surface area (Å²) in [6, 6.07) is 18.2. The van der Waals surface area contributed by atoms with E-state index in [4.69, 9.17) is 4.74 Å². The summed E-state index contributed by atoms with van der Waals surface area (Å²) in [5, 5.41) is 28.0. The molecular weight excluding hydrogens is 418 g/mol. The first-order valence-electron chi connectivity index (χ1n) is 9.21. The molecule has 0 unspecified atom stereocenters. The van der Waals surface area contributed by atoms with E-state index < -0.39 is 15.8 Å². The highest BCUT2D eigenvalue weighted by Crippen LogP contribution is 2.18. The van der Waals surface area contributed by atoms with E-state index in [-0.39, 0.29) is 18.0 Å². The standard InChI is InChI=1S/C21H17N5O6/c27-21(23-17-2-1-3-19(12-17)26(30)31)14-32-20-10-4-15(5-11-20)13-22-24-16-6-8-18(9-7-16)25(28)29/h1-13,24H,14H2,(H,23,27). The summed E-state index contributed by atoms with van der Waals surface area (Å²) >= 11 is 0. The van der Waals surface area contributed by atoms with Crippen LogP contribution in [0.3, 0.4) is 0 Å². The molecule has 11 nitrogen and oxygen atoms in total. The van der Waals surface area contributed by atoms with Gasteiger partial charge in [-0.2, -0.15) is 5.10 Å². The molecular formula is C21H17N5O6. The van der Waals surface area contributed by atoms with E-state index in [1.807, 2.05) is 0 Å². The summed E-state index contributed by atoms with van der Waals surface area (Å²) in [7, 11) is 0. The van der Waals surface area contributed by atoms with E-state index in [9.17, 15) is 25.0 Å². The van der Waals surface area contributed by atoms with Crippen molar-refractivity contribution in [2.45, 2.75) is 0 Å². The second-order valence-electron chi connectivity index (χ2n) is 6.39. The lowest BCUT2D eigenvalue weighted by atomic mass is 10.2. The van der Waals surface area contributed by atoms with Crippen molar-refractivity contribution in [3.8, 4) is 5.75 Å². The second-order valence-corrected chi connectivity index (χ2v) is 6.39. The summed E-state index contributed by atoms with van der Waals surface area (Å²) in [6.45, 7) is -0.266. The summed E-state index contributed by atoms with van der Waals surface area (Å²) in [5.74, 6) is 0.00288. The van der Waals surface area contributed by atoms with Crippen molar-refractivity contribution in [3.63, 3.8) is 0 Å². The monoisotopic (exact) mass is 435 g/mol. The fraction of sp³-hybridized carbons (Fsp3) is 0.0476. The van der Waals surface area contributed by atoms with Gasteiger partial charge in [0.05, 0.1) is 21.7 Å². The van der Waals surface area contributed by atoms with Crippen molar-refractivity contribution in [2.24, 2.45) is 5.10 Å². The lowest BCUT2D eigenvalue weighted by Crippen LogP contribution is -2.20. The number of nitro benzene ring substituents is 2. The lowest BCUT2D eigenvalue weighted by Gasteiger charge is -2.07. The van der Waals surface area contributed by atoms with E-state index in [1.54, 1.807) is 48.7 Å². The summed E-state index contributed by atoms with van der Waals surface area (Å²) in [5.41, 5.74) is 4.30. The Balaban J connectivity index is 1.47. The van der Waals surface area contributed by atoms with Crippen LogP contribution in [-0.2, 0) is 4.79 Å². The first kappa shape index (κ1) is 21.9. The Labute approximate surface area is 181 Å². The number of carbonyl (C=O) groups excluding carboxylic acids is 1. The smallest absolute Gasteiger partial charge is 0.271 e. The summed E-state index contributed by atoms with van der Waals surface area (Å²) in [4.78, 5) is 32.4. The van der Waals surface area contributed by atoms with Crippen LogP contribution in [0.4, 0.5) is 22.7 Å². The van der Waals surface area contributed by atoms with Gasteiger partial charge in [-0.25, -0.2) is 0 Å². The van der Waals surface area contributed by atoms with E-state index in [0.29, 0.717) is 17.1 Å². The molecule has 0 heterocycles. The zero-order valence-electron chi connectivity index (χ0n) is 16.5. The van der Waals surface area contributed by atoms with Crippen molar-refractivity contribution in [1.29, 1.82) is 0 Å². The van der Waals surface area contributed by atoms with Gasteiger partial charge in [-0.05, 0) is 48.0 Å². The average molecular weight is 435 g/mol. The first-order valence-corrected chi connectivity index (χ1v) is 9.21. The van der Waals surface area contributed by atoms with Gasteiger partial charge in [-0.15, -0.1) is 0 Å². The Kier molecular flexibility index (Phi) is 7.05. The van der Waals surface area contributed by atoms with Crippen LogP contribution >= 0.6 is 0 Å². The van der Waals surface area contributed by atoms with Gasteiger partial charge < -0.3 is 10.1 Å². The maximum Gasteiger partial charge on any atom is 0.271 e. The molecule has 0 aromatic heterocycles. The van der Waals surface area contributed by atoms with E-state index in [1.165, 1.54) is 30.3 Å². The predicted octanol–water partition coefficient (Wildman–Crippen LogP) is 3.97. The van der Waals surface area contributed by atoms with Gasteiger partial charge in [-0.1, -0.05) is 6.07 Å². The van der Waals surface area contributed by atoms with Crippen molar-refractivity contribution in [1.82, 2.24) is 0 Å². The molecule has 0 saturated carbocycles. The minimum Gasteiger partial charge on any atom is -0.484 e. The number of hydrogen-bond donors (Lipinski definition) is 2. The molecule has 3 aromatic rings. The molecule has 2 N–H and O–H groups in total. The van der Waals surface area contributed by atoms with Crippen molar-refractivity contribution >= 4 is 34.9 Å². The van der Waals surface area contributed by atoms with Crippen LogP contribution in [0.2, 0.25) is 0 Å². The van der Waals surface area contributed by atoms with Crippen LogP contribution < -0.4 is 15.5 Å². The van der Waals surface area contributed by atoms with Crippen molar-refractivity contribution in [3.05, 3.63) is 98.6 Å². The highest BCUT2D eigenvalue weighted by Gasteiger charge is 2.09. The molecule has 0 atom stereocenters. The number of anilines is 2. The van der Waals surface area contributed by atoms with Gasteiger partial charge in [0.1, 0.15) is 5.75 Å². The third kappa shape index (κ3) is 6.35. The number of nitro groups is 2. The van der Waals surface area contributed by atoms with E-state index >= 15 is 0 Å². The Morgan fingerprint density at radius 3 is 2.25 bits per heavy atom. The first-order chi connectivity index (χ1) is 15.4.